The van der Waals surface area contributed by atoms with Gasteiger partial charge in [-0.25, -0.2) is 0 Å². The van der Waals surface area contributed by atoms with Gasteiger partial charge in [0, 0.05) is 0 Å². The second kappa shape index (κ2) is 3.78. The molecule has 0 fully saturated rings. The first-order valence-corrected chi connectivity index (χ1v) is 3.85. The van der Waals surface area contributed by atoms with Gasteiger partial charge in [-0.2, -0.15) is 0 Å². The molecule has 13 heavy (non-hydrogen) atoms. The molecule has 0 bridgehead atoms. The molecule has 0 saturated heterocycles. The molecule has 0 aliphatic heterocycles. The lowest BCUT2D eigenvalue weighted by atomic mass is 9.79. The van der Waals surface area contributed by atoms with Crippen LogP contribution in [0.5, 0.6) is 0 Å². The molecule has 0 spiro atoms. The third-order valence-electron chi connectivity index (χ3n) is 1.55. The van der Waals surface area contributed by atoms with Crippen LogP contribution in [0.15, 0.2) is 18.2 Å². The van der Waals surface area contributed by atoms with Gasteiger partial charge in [-0.15, -0.1) is 0 Å². The summed E-state index contributed by atoms with van der Waals surface area (Å²) in [7, 11) is -1.63. The Morgan fingerprint density at radius 3 is 2.54 bits per heavy atom. The van der Waals surface area contributed by atoms with E-state index in [0.29, 0.717) is 0 Å². The molecule has 0 saturated carbocycles. The molecule has 1 rings (SSSR count). The Labute approximate surface area is 80.1 Å². The molecule has 4 N–H and O–H groups in total. The second-order valence-electron chi connectivity index (χ2n) is 2.48. The molecule has 0 aliphatic carbocycles. The van der Waals surface area contributed by atoms with Crippen LogP contribution in [0.4, 0.5) is 0 Å². The van der Waals surface area contributed by atoms with E-state index in [1.165, 1.54) is 18.2 Å². The topological polar surface area (TPSA) is 83.6 Å². The Hall–Kier alpha value is -1.04. The van der Waals surface area contributed by atoms with Crippen molar-refractivity contribution in [2.75, 3.05) is 0 Å². The van der Waals surface area contributed by atoms with Gasteiger partial charge in [0.05, 0.1) is 10.6 Å². The van der Waals surface area contributed by atoms with Crippen LogP contribution in [-0.4, -0.2) is 23.1 Å². The number of carbonyl (C=O) groups is 1. The highest BCUT2D eigenvalue weighted by molar-refractivity contribution is 6.58. The van der Waals surface area contributed by atoms with Gasteiger partial charge in [-0.05, 0) is 17.6 Å². The number of amides is 1. The highest BCUT2D eigenvalue weighted by atomic mass is 35.5. The van der Waals surface area contributed by atoms with E-state index in [1.54, 1.807) is 0 Å². The smallest absolute Gasteiger partial charge is 0.423 e. The first-order chi connectivity index (χ1) is 6.02. The van der Waals surface area contributed by atoms with Crippen molar-refractivity contribution in [1.82, 2.24) is 0 Å². The molecule has 0 radical (unpaired) electrons. The summed E-state index contributed by atoms with van der Waals surface area (Å²) in [5, 5.41) is 17.8. The fraction of sp³-hybridized carbons (Fsp3) is 0. The summed E-state index contributed by atoms with van der Waals surface area (Å²) < 4.78 is 0. The van der Waals surface area contributed by atoms with E-state index in [0.717, 1.165) is 0 Å². The quantitative estimate of drug-likeness (QED) is 0.541. The number of hydrogen-bond donors (Lipinski definition) is 3. The number of rotatable bonds is 2. The van der Waals surface area contributed by atoms with Gasteiger partial charge in [0.1, 0.15) is 0 Å². The van der Waals surface area contributed by atoms with E-state index in [1.807, 2.05) is 0 Å². The van der Waals surface area contributed by atoms with E-state index in [4.69, 9.17) is 27.4 Å². The lowest BCUT2D eigenvalue weighted by Gasteiger charge is -2.03. The molecule has 0 aromatic heterocycles. The van der Waals surface area contributed by atoms with Crippen LogP contribution in [0, 0.1) is 0 Å². The van der Waals surface area contributed by atoms with Gasteiger partial charge in [0.15, 0.2) is 0 Å². The monoisotopic (exact) mass is 199 g/mol. The van der Waals surface area contributed by atoms with Crippen molar-refractivity contribution in [2.24, 2.45) is 5.73 Å². The number of nitrogens with two attached hydrogens (primary N) is 1. The van der Waals surface area contributed by atoms with E-state index in [-0.39, 0.29) is 16.0 Å². The third-order valence-corrected chi connectivity index (χ3v) is 1.88. The van der Waals surface area contributed by atoms with Gasteiger partial charge in [0.25, 0.3) is 0 Å². The van der Waals surface area contributed by atoms with E-state index in [9.17, 15) is 4.79 Å². The zero-order chi connectivity index (χ0) is 10.0. The zero-order valence-electron chi connectivity index (χ0n) is 6.57. The number of benzene rings is 1. The summed E-state index contributed by atoms with van der Waals surface area (Å²) in [6, 6.07) is 4.03. The molecule has 0 unspecified atom stereocenters. The summed E-state index contributed by atoms with van der Waals surface area (Å²) in [6.07, 6.45) is 0. The Balaban J connectivity index is 3.19. The van der Waals surface area contributed by atoms with Gasteiger partial charge in [-0.3, -0.25) is 4.79 Å². The van der Waals surface area contributed by atoms with Crippen molar-refractivity contribution in [2.45, 2.75) is 0 Å². The second-order valence-corrected chi connectivity index (χ2v) is 2.88. The number of hydrogen-bond acceptors (Lipinski definition) is 3. The molecule has 0 heterocycles. The van der Waals surface area contributed by atoms with E-state index >= 15 is 0 Å². The van der Waals surface area contributed by atoms with Gasteiger partial charge >= 0.3 is 7.12 Å². The maximum atomic E-state index is 10.8. The number of primary amides is 1. The van der Waals surface area contributed by atoms with E-state index in [2.05, 4.69) is 0 Å². The van der Waals surface area contributed by atoms with Crippen molar-refractivity contribution in [3.63, 3.8) is 0 Å². The molecular formula is C7H7BClNO3. The first-order valence-electron chi connectivity index (χ1n) is 3.47. The minimum atomic E-state index is -1.63. The fourth-order valence-corrected chi connectivity index (χ4v) is 1.10. The summed E-state index contributed by atoms with van der Waals surface area (Å²) in [4.78, 5) is 10.8. The maximum Gasteiger partial charge on any atom is 0.488 e. The molecule has 4 nitrogen and oxygen atoms in total. The number of carbonyl (C=O) groups excluding carboxylic acids is 1. The van der Waals surface area contributed by atoms with Gasteiger partial charge in [0.2, 0.25) is 5.91 Å². The van der Waals surface area contributed by atoms with Crippen LogP contribution in [0.3, 0.4) is 0 Å². The predicted molar refractivity (Wildman–Crippen MR) is 49.8 cm³/mol. The first kappa shape index (κ1) is 10.0. The highest BCUT2D eigenvalue weighted by Crippen LogP contribution is 2.12. The third kappa shape index (κ3) is 2.21. The molecule has 68 valence electrons. The van der Waals surface area contributed by atoms with Crippen molar-refractivity contribution in [3.05, 3.63) is 28.8 Å². The van der Waals surface area contributed by atoms with Crippen LogP contribution < -0.4 is 11.2 Å². The zero-order valence-corrected chi connectivity index (χ0v) is 7.32. The van der Waals surface area contributed by atoms with Crippen molar-refractivity contribution in [1.29, 1.82) is 0 Å². The number of halogens is 1. The van der Waals surface area contributed by atoms with Gasteiger partial charge < -0.3 is 15.8 Å². The molecule has 1 aromatic carbocycles. The van der Waals surface area contributed by atoms with Crippen molar-refractivity contribution < 1.29 is 14.8 Å². The van der Waals surface area contributed by atoms with Crippen LogP contribution in [-0.2, 0) is 0 Å². The average Bonchev–Trinajstić information content (AvgIpc) is 2.04. The summed E-state index contributed by atoms with van der Waals surface area (Å²) in [5.74, 6) is -0.701. The summed E-state index contributed by atoms with van der Waals surface area (Å²) in [6.45, 7) is 0. The van der Waals surface area contributed by atoms with Crippen LogP contribution in [0.25, 0.3) is 0 Å². The van der Waals surface area contributed by atoms with Gasteiger partial charge in [-0.1, -0.05) is 17.7 Å². The minimum Gasteiger partial charge on any atom is -0.423 e. The average molecular weight is 199 g/mol. The molecule has 1 aromatic rings. The summed E-state index contributed by atoms with van der Waals surface area (Å²) >= 11 is 5.63. The molecule has 6 heteroatoms. The largest absolute Gasteiger partial charge is 0.488 e. The van der Waals surface area contributed by atoms with Crippen LogP contribution in [0.1, 0.15) is 10.4 Å². The van der Waals surface area contributed by atoms with Crippen LogP contribution in [0.2, 0.25) is 5.02 Å². The molecular weight excluding hydrogens is 192 g/mol. The Kier molecular flexibility index (Phi) is 2.92. The SMILES string of the molecule is NC(=O)c1cc(B(O)O)ccc1Cl. The normalized spacial score (nSPS) is 9.77. The summed E-state index contributed by atoms with van der Waals surface area (Å²) in [5.41, 5.74) is 5.25. The predicted octanol–water partition coefficient (Wildman–Crippen LogP) is -0.881. The van der Waals surface area contributed by atoms with E-state index < -0.39 is 13.0 Å². The lowest BCUT2D eigenvalue weighted by Crippen LogP contribution is -2.31. The van der Waals surface area contributed by atoms with Crippen LogP contribution >= 0.6 is 11.6 Å². The standard InChI is InChI=1S/C7H7BClNO3/c9-6-2-1-4(8(12)13)3-5(6)7(10)11/h1-3,12-13H,(H2,10,11). The molecule has 1 amide bonds. The Morgan fingerprint density at radius 2 is 2.08 bits per heavy atom. The lowest BCUT2D eigenvalue weighted by molar-refractivity contribution is 0.100. The Morgan fingerprint density at radius 1 is 1.46 bits per heavy atom. The maximum absolute atomic E-state index is 10.8. The van der Waals surface area contributed by atoms with Crippen molar-refractivity contribution >= 4 is 30.1 Å². The molecule has 0 atom stereocenters. The van der Waals surface area contributed by atoms with Crippen molar-refractivity contribution in [3.8, 4) is 0 Å². The molecule has 0 aliphatic rings. The Bertz CT molecular complexity index is 343. The minimum absolute atomic E-state index is 0.0762. The highest BCUT2D eigenvalue weighted by Gasteiger charge is 2.14. The fourth-order valence-electron chi connectivity index (χ4n) is 0.892.